The van der Waals surface area contributed by atoms with Crippen LogP contribution in [0.4, 0.5) is 4.79 Å². The van der Waals surface area contributed by atoms with Gasteiger partial charge >= 0.3 is 6.03 Å². The molecule has 1 aromatic rings. The van der Waals surface area contributed by atoms with Crippen LogP contribution in [0.3, 0.4) is 0 Å². The molecule has 17 heavy (non-hydrogen) atoms. The van der Waals surface area contributed by atoms with E-state index in [1.807, 2.05) is 13.0 Å². The van der Waals surface area contributed by atoms with Crippen LogP contribution in [0.5, 0.6) is 0 Å². The quantitative estimate of drug-likeness (QED) is 0.756. The van der Waals surface area contributed by atoms with Gasteiger partial charge in [0.1, 0.15) is 6.54 Å². The van der Waals surface area contributed by atoms with Crippen molar-refractivity contribution in [2.24, 2.45) is 0 Å². The van der Waals surface area contributed by atoms with E-state index in [1.165, 1.54) is 9.80 Å². The number of carbonyl (C=O) groups is 2. The van der Waals surface area contributed by atoms with Crippen molar-refractivity contribution in [3.05, 3.63) is 34.3 Å². The maximum atomic E-state index is 11.7. The lowest BCUT2D eigenvalue weighted by Crippen LogP contribution is -2.31. The summed E-state index contributed by atoms with van der Waals surface area (Å²) in [4.78, 5) is 26.0. The van der Waals surface area contributed by atoms with E-state index in [0.29, 0.717) is 5.02 Å². The van der Waals surface area contributed by atoms with Gasteiger partial charge in [0.25, 0.3) is 5.91 Å². The molecule has 5 heteroatoms. The highest BCUT2D eigenvalue weighted by Crippen LogP contribution is 2.19. The predicted molar refractivity (Wildman–Crippen MR) is 64.8 cm³/mol. The number of urea groups is 1. The van der Waals surface area contributed by atoms with Gasteiger partial charge in [-0.25, -0.2) is 4.79 Å². The molecule has 0 saturated carbocycles. The molecule has 0 bridgehead atoms. The fourth-order valence-electron chi connectivity index (χ4n) is 1.81. The van der Waals surface area contributed by atoms with Crippen LogP contribution in [-0.4, -0.2) is 35.3 Å². The number of halogens is 1. The SMILES string of the molecule is Cc1ccc(Cl)cc1CN1C(=O)CN(C)C1=O. The number of benzene rings is 1. The van der Waals surface area contributed by atoms with Crippen molar-refractivity contribution in [1.82, 2.24) is 9.80 Å². The number of hydrogen-bond donors (Lipinski definition) is 0. The summed E-state index contributed by atoms with van der Waals surface area (Å²) in [7, 11) is 1.62. The molecular weight excluding hydrogens is 240 g/mol. The number of imide groups is 1. The van der Waals surface area contributed by atoms with E-state index in [2.05, 4.69) is 0 Å². The molecule has 90 valence electrons. The number of hydrogen-bond acceptors (Lipinski definition) is 2. The monoisotopic (exact) mass is 252 g/mol. The van der Waals surface area contributed by atoms with Crippen molar-refractivity contribution in [2.75, 3.05) is 13.6 Å². The van der Waals surface area contributed by atoms with Crippen LogP contribution in [0.25, 0.3) is 0 Å². The van der Waals surface area contributed by atoms with Crippen LogP contribution in [0, 0.1) is 6.92 Å². The van der Waals surface area contributed by atoms with E-state index >= 15 is 0 Å². The maximum absolute atomic E-state index is 11.7. The molecule has 0 unspecified atom stereocenters. The Hall–Kier alpha value is -1.55. The molecule has 0 radical (unpaired) electrons. The van der Waals surface area contributed by atoms with E-state index in [0.717, 1.165) is 11.1 Å². The molecular formula is C12H13ClN2O2. The molecule has 3 amide bonds. The molecule has 4 nitrogen and oxygen atoms in total. The molecule has 1 aromatic carbocycles. The van der Waals surface area contributed by atoms with Gasteiger partial charge in [-0.15, -0.1) is 0 Å². The van der Waals surface area contributed by atoms with Gasteiger partial charge in [-0.05, 0) is 30.2 Å². The summed E-state index contributed by atoms with van der Waals surface area (Å²) in [5.74, 6) is -0.170. The smallest absolute Gasteiger partial charge is 0.318 e. The van der Waals surface area contributed by atoms with Crippen molar-refractivity contribution in [3.8, 4) is 0 Å². The normalized spacial score (nSPS) is 15.9. The number of carbonyl (C=O) groups excluding carboxylic acids is 2. The molecule has 0 spiro atoms. The Bertz CT molecular complexity index is 487. The minimum atomic E-state index is -0.255. The second-order valence-electron chi connectivity index (χ2n) is 4.19. The predicted octanol–water partition coefficient (Wildman–Crippen LogP) is 2.04. The molecule has 0 atom stereocenters. The Morgan fingerprint density at radius 1 is 1.35 bits per heavy atom. The highest BCUT2D eigenvalue weighted by Gasteiger charge is 2.33. The first-order valence-electron chi connectivity index (χ1n) is 5.29. The summed E-state index contributed by atoms with van der Waals surface area (Å²) in [5, 5.41) is 0.609. The Morgan fingerprint density at radius 2 is 2.06 bits per heavy atom. The van der Waals surface area contributed by atoms with E-state index in [4.69, 9.17) is 11.6 Å². The molecule has 0 aliphatic carbocycles. The van der Waals surface area contributed by atoms with Crippen LogP contribution < -0.4 is 0 Å². The number of aryl methyl sites for hydroxylation is 1. The zero-order valence-electron chi connectivity index (χ0n) is 9.74. The zero-order chi connectivity index (χ0) is 12.6. The number of amides is 3. The molecule has 1 aliphatic rings. The Morgan fingerprint density at radius 3 is 2.65 bits per heavy atom. The molecule has 0 aromatic heterocycles. The third kappa shape index (κ3) is 2.26. The first kappa shape index (κ1) is 11.9. The van der Waals surface area contributed by atoms with E-state index < -0.39 is 0 Å². The topological polar surface area (TPSA) is 40.6 Å². The third-order valence-corrected chi connectivity index (χ3v) is 3.11. The first-order chi connectivity index (χ1) is 7.99. The van der Waals surface area contributed by atoms with Crippen LogP contribution in [0.1, 0.15) is 11.1 Å². The van der Waals surface area contributed by atoms with Crippen molar-refractivity contribution >= 4 is 23.5 Å². The highest BCUT2D eigenvalue weighted by molar-refractivity contribution is 6.30. The molecule has 1 aliphatic heterocycles. The summed E-state index contributed by atoms with van der Waals surface area (Å²) in [6.45, 7) is 2.37. The van der Waals surface area contributed by atoms with Crippen molar-refractivity contribution in [3.63, 3.8) is 0 Å². The van der Waals surface area contributed by atoms with Crippen molar-refractivity contribution in [2.45, 2.75) is 13.5 Å². The van der Waals surface area contributed by atoms with Gasteiger partial charge in [0.05, 0.1) is 6.54 Å². The molecule has 1 heterocycles. The van der Waals surface area contributed by atoms with Gasteiger partial charge in [0, 0.05) is 12.1 Å². The van der Waals surface area contributed by atoms with Gasteiger partial charge in [-0.3, -0.25) is 9.69 Å². The van der Waals surface area contributed by atoms with Gasteiger partial charge in [-0.2, -0.15) is 0 Å². The Labute approximate surface area is 105 Å². The summed E-state index contributed by atoms with van der Waals surface area (Å²) in [5.41, 5.74) is 1.92. The highest BCUT2D eigenvalue weighted by atomic mass is 35.5. The summed E-state index contributed by atoms with van der Waals surface area (Å²) in [6.07, 6.45) is 0. The fraction of sp³-hybridized carbons (Fsp3) is 0.333. The van der Waals surface area contributed by atoms with Crippen molar-refractivity contribution in [1.29, 1.82) is 0 Å². The van der Waals surface area contributed by atoms with Gasteiger partial charge in [0.15, 0.2) is 0 Å². The lowest BCUT2D eigenvalue weighted by Gasteiger charge is -2.15. The lowest BCUT2D eigenvalue weighted by molar-refractivity contribution is -0.125. The summed E-state index contributed by atoms with van der Waals surface area (Å²) in [6, 6.07) is 5.21. The van der Waals surface area contributed by atoms with Gasteiger partial charge in [0.2, 0.25) is 0 Å². The zero-order valence-corrected chi connectivity index (χ0v) is 10.5. The lowest BCUT2D eigenvalue weighted by atomic mass is 10.1. The van der Waals surface area contributed by atoms with Gasteiger partial charge < -0.3 is 4.90 Å². The van der Waals surface area contributed by atoms with E-state index in [9.17, 15) is 9.59 Å². The second kappa shape index (κ2) is 4.37. The molecule has 0 N–H and O–H groups in total. The molecule has 1 saturated heterocycles. The minimum absolute atomic E-state index is 0.151. The maximum Gasteiger partial charge on any atom is 0.327 e. The number of nitrogens with zero attached hydrogens (tertiary/aromatic N) is 2. The average molecular weight is 253 g/mol. The van der Waals surface area contributed by atoms with Crippen LogP contribution in [0.15, 0.2) is 18.2 Å². The van der Waals surface area contributed by atoms with Crippen LogP contribution in [0.2, 0.25) is 5.02 Å². The van der Waals surface area contributed by atoms with Gasteiger partial charge in [-0.1, -0.05) is 17.7 Å². The Balaban J connectivity index is 2.24. The standard InChI is InChI=1S/C12H13ClN2O2/c1-8-3-4-10(13)5-9(8)6-15-11(16)7-14(2)12(15)17/h3-5H,6-7H2,1-2H3. The average Bonchev–Trinajstić information content (AvgIpc) is 2.50. The number of likely N-dealkylation sites (N-methyl/N-ethyl adjacent to an activating group) is 1. The van der Waals surface area contributed by atoms with E-state index in [1.54, 1.807) is 19.2 Å². The minimum Gasteiger partial charge on any atom is -0.318 e. The largest absolute Gasteiger partial charge is 0.327 e. The molecule has 2 rings (SSSR count). The second-order valence-corrected chi connectivity index (χ2v) is 4.63. The summed E-state index contributed by atoms with van der Waals surface area (Å²) >= 11 is 5.90. The fourth-order valence-corrected chi connectivity index (χ4v) is 2.00. The first-order valence-corrected chi connectivity index (χ1v) is 5.67. The molecule has 1 fully saturated rings. The summed E-state index contributed by atoms with van der Waals surface area (Å²) < 4.78 is 0. The van der Waals surface area contributed by atoms with Crippen LogP contribution in [-0.2, 0) is 11.3 Å². The third-order valence-electron chi connectivity index (χ3n) is 2.87. The van der Waals surface area contributed by atoms with E-state index in [-0.39, 0.29) is 25.0 Å². The van der Waals surface area contributed by atoms with Crippen molar-refractivity contribution < 1.29 is 9.59 Å². The Kier molecular flexibility index (Phi) is 3.07. The van der Waals surface area contributed by atoms with Crippen LogP contribution >= 0.6 is 11.6 Å². The number of rotatable bonds is 2.